The Morgan fingerprint density at radius 1 is 1.06 bits per heavy atom. The molecule has 0 bridgehead atoms. The number of nitrogens with one attached hydrogen (secondary N) is 1. The van der Waals surface area contributed by atoms with Gasteiger partial charge in [-0.3, -0.25) is 4.79 Å². The number of oxazole rings is 1. The lowest BCUT2D eigenvalue weighted by atomic mass is 10.1. The molecule has 0 radical (unpaired) electrons. The van der Waals surface area contributed by atoms with Crippen molar-refractivity contribution >= 4 is 63.6 Å². The fourth-order valence-electron chi connectivity index (χ4n) is 3.12. The molecule has 1 N–H and O–H groups in total. The van der Waals surface area contributed by atoms with E-state index in [0.717, 1.165) is 11.1 Å². The number of halogens is 3. The molecular weight excluding hydrogens is 471 g/mol. The molecule has 4 aromatic rings. The van der Waals surface area contributed by atoms with Crippen LogP contribution in [0, 0.1) is 6.92 Å². The van der Waals surface area contributed by atoms with Crippen LogP contribution in [0.5, 0.6) is 5.75 Å². The standard InChI is InChI=1S/C24H17Cl3N2O3/c1-13-3-4-15(10-18(13)26)24-29-20-12-17(6-7-21(20)32-24)28-22(30)8-5-14-9-16(25)11-19(27)23(14)31-2/h3-12H,1-2H3,(H,28,30). The molecule has 0 aliphatic carbocycles. The number of benzene rings is 3. The highest BCUT2D eigenvalue weighted by Crippen LogP contribution is 2.33. The Balaban J connectivity index is 1.54. The van der Waals surface area contributed by atoms with Gasteiger partial charge in [0.1, 0.15) is 11.3 Å². The van der Waals surface area contributed by atoms with Crippen molar-refractivity contribution in [1.29, 1.82) is 0 Å². The minimum Gasteiger partial charge on any atom is -0.495 e. The fourth-order valence-corrected chi connectivity index (χ4v) is 3.89. The Morgan fingerprint density at radius 2 is 1.88 bits per heavy atom. The molecule has 0 spiro atoms. The normalized spacial score (nSPS) is 11.3. The van der Waals surface area contributed by atoms with Gasteiger partial charge in [0.15, 0.2) is 5.58 Å². The number of aromatic nitrogens is 1. The maximum atomic E-state index is 12.4. The minimum absolute atomic E-state index is 0.337. The summed E-state index contributed by atoms with van der Waals surface area (Å²) in [4.78, 5) is 16.9. The van der Waals surface area contributed by atoms with Crippen LogP contribution in [-0.2, 0) is 4.79 Å². The van der Waals surface area contributed by atoms with Crippen LogP contribution in [0.2, 0.25) is 15.1 Å². The Labute approximate surface area is 199 Å². The Kier molecular flexibility index (Phi) is 6.42. The molecule has 1 aromatic heterocycles. The van der Waals surface area contributed by atoms with E-state index in [4.69, 9.17) is 44.0 Å². The summed E-state index contributed by atoms with van der Waals surface area (Å²) in [6.45, 7) is 1.93. The molecule has 1 heterocycles. The molecule has 1 amide bonds. The Bertz CT molecular complexity index is 1360. The largest absolute Gasteiger partial charge is 0.495 e. The number of fused-ring (bicyclic) bond motifs is 1. The van der Waals surface area contributed by atoms with Gasteiger partial charge in [-0.1, -0.05) is 40.9 Å². The molecule has 0 saturated heterocycles. The number of methoxy groups -OCH3 is 1. The topological polar surface area (TPSA) is 64.4 Å². The molecule has 0 saturated carbocycles. The predicted molar refractivity (Wildman–Crippen MR) is 130 cm³/mol. The van der Waals surface area contributed by atoms with E-state index in [0.29, 0.717) is 49.1 Å². The number of amides is 1. The van der Waals surface area contributed by atoms with Crippen LogP contribution in [0.1, 0.15) is 11.1 Å². The average molecular weight is 488 g/mol. The van der Waals surface area contributed by atoms with Crippen molar-refractivity contribution in [3.63, 3.8) is 0 Å². The summed E-state index contributed by atoms with van der Waals surface area (Å²) in [7, 11) is 1.50. The van der Waals surface area contributed by atoms with E-state index >= 15 is 0 Å². The van der Waals surface area contributed by atoms with Crippen molar-refractivity contribution in [2.24, 2.45) is 0 Å². The molecule has 0 aliphatic heterocycles. The number of hydrogen-bond acceptors (Lipinski definition) is 4. The molecule has 5 nitrogen and oxygen atoms in total. The van der Waals surface area contributed by atoms with E-state index in [-0.39, 0.29) is 5.91 Å². The Hall–Kier alpha value is -2.99. The second kappa shape index (κ2) is 9.25. The van der Waals surface area contributed by atoms with Crippen molar-refractivity contribution in [3.8, 4) is 17.2 Å². The van der Waals surface area contributed by atoms with Gasteiger partial charge in [0.2, 0.25) is 11.8 Å². The van der Waals surface area contributed by atoms with Gasteiger partial charge in [-0.2, -0.15) is 0 Å². The van der Waals surface area contributed by atoms with Gasteiger partial charge < -0.3 is 14.5 Å². The van der Waals surface area contributed by atoms with Gasteiger partial charge >= 0.3 is 0 Å². The molecule has 0 unspecified atom stereocenters. The lowest BCUT2D eigenvalue weighted by molar-refractivity contribution is -0.111. The van der Waals surface area contributed by atoms with Crippen LogP contribution in [0.15, 0.2) is 59.0 Å². The van der Waals surface area contributed by atoms with Crippen molar-refractivity contribution in [3.05, 3.63) is 80.8 Å². The number of aryl methyl sites for hydroxylation is 1. The predicted octanol–water partition coefficient (Wildman–Crippen LogP) is 7.42. The van der Waals surface area contributed by atoms with Gasteiger partial charge in [-0.15, -0.1) is 0 Å². The van der Waals surface area contributed by atoms with E-state index in [1.807, 2.05) is 25.1 Å². The van der Waals surface area contributed by atoms with Gasteiger partial charge in [0.05, 0.1) is 12.1 Å². The van der Waals surface area contributed by atoms with Crippen LogP contribution in [0.25, 0.3) is 28.6 Å². The van der Waals surface area contributed by atoms with E-state index in [1.165, 1.54) is 13.2 Å². The lowest BCUT2D eigenvalue weighted by Gasteiger charge is -2.08. The molecule has 0 aliphatic rings. The molecular formula is C24H17Cl3N2O3. The lowest BCUT2D eigenvalue weighted by Crippen LogP contribution is -2.07. The first kappa shape index (κ1) is 22.2. The first-order valence-corrected chi connectivity index (χ1v) is 10.7. The zero-order valence-electron chi connectivity index (χ0n) is 17.1. The zero-order chi connectivity index (χ0) is 22.8. The molecule has 32 heavy (non-hydrogen) atoms. The minimum atomic E-state index is -0.337. The molecule has 0 atom stereocenters. The highest BCUT2D eigenvalue weighted by Gasteiger charge is 2.11. The van der Waals surface area contributed by atoms with Gasteiger partial charge in [-0.05, 0) is 61.0 Å². The van der Waals surface area contributed by atoms with Gasteiger partial charge in [-0.25, -0.2) is 4.98 Å². The number of hydrogen-bond donors (Lipinski definition) is 1. The highest BCUT2D eigenvalue weighted by atomic mass is 35.5. The third-order valence-corrected chi connectivity index (χ3v) is 5.64. The van der Waals surface area contributed by atoms with Crippen LogP contribution >= 0.6 is 34.8 Å². The van der Waals surface area contributed by atoms with E-state index < -0.39 is 0 Å². The van der Waals surface area contributed by atoms with Crippen LogP contribution < -0.4 is 10.1 Å². The maximum absolute atomic E-state index is 12.4. The number of carbonyl (C=O) groups is 1. The number of anilines is 1. The number of rotatable bonds is 5. The summed E-state index contributed by atoms with van der Waals surface area (Å²) in [5, 5.41) is 4.25. The zero-order valence-corrected chi connectivity index (χ0v) is 19.3. The number of carbonyl (C=O) groups excluding carboxylic acids is 1. The van der Waals surface area contributed by atoms with Gasteiger partial charge in [0.25, 0.3) is 0 Å². The summed E-state index contributed by atoms with van der Waals surface area (Å²) >= 11 is 18.4. The SMILES string of the molecule is COc1c(Cl)cc(Cl)cc1C=CC(=O)Nc1ccc2oc(-c3ccc(C)c(Cl)c3)nc2c1. The number of nitrogens with zero attached hydrogens (tertiary/aromatic N) is 1. The van der Waals surface area contributed by atoms with Crippen molar-refractivity contribution in [2.75, 3.05) is 12.4 Å². The second-order valence-corrected chi connectivity index (χ2v) is 8.25. The first-order valence-electron chi connectivity index (χ1n) is 9.53. The van der Waals surface area contributed by atoms with E-state index in [9.17, 15) is 4.79 Å². The third-order valence-electron chi connectivity index (χ3n) is 4.73. The summed E-state index contributed by atoms with van der Waals surface area (Å²) < 4.78 is 11.1. The second-order valence-electron chi connectivity index (χ2n) is 7.00. The third kappa shape index (κ3) is 4.75. The van der Waals surface area contributed by atoms with Crippen molar-refractivity contribution < 1.29 is 13.9 Å². The smallest absolute Gasteiger partial charge is 0.248 e. The first-order chi connectivity index (χ1) is 15.3. The summed E-state index contributed by atoms with van der Waals surface area (Å²) in [6.07, 6.45) is 2.96. The highest BCUT2D eigenvalue weighted by molar-refractivity contribution is 6.36. The van der Waals surface area contributed by atoms with Crippen LogP contribution in [0.4, 0.5) is 5.69 Å². The van der Waals surface area contributed by atoms with E-state index in [2.05, 4.69) is 10.3 Å². The van der Waals surface area contributed by atoms with E-state index in [1.54, 1.807) is 36.4 Å². The molecule has 8 heteroatoms. The Morgan fingerprint density at radius 3 is 2.62 bits per heavy atom. The summed E-state index contributed by atoms with van der Waals surface area (Å²) in [5.41, 5.74) is 4.13. The maximum Gasteiger partial charge on any atom is 0.248 e. The summed E-state index contributed by atoms with van der Waals surface area (Å²) in [5.74, 6) is 0.555. The van der Waals surface area contributed by atoms with Crippen molar-refractivity contribution in [2.45, 2.75) is 6.92 Å². The quantitative estimate of drug-likeness (QED) is 0.297. The molecule has 3 aromatic carbocycles. The average Bonchev–Trinajstić information content (AvgIpc) is 3.17. The molecule has 162 valence electrons. The summed E-state index contributed by atoms with van der Waals surface area (Å²) in [6, 6.07) is 14.1. The molecule has 0 fully saturated rings. The fraction of sp³-hybridized carbons (Fsp3) is 0.0833. The molecule has 4 rings (SSSR count). The van der Waals surface area contributed by atoms with Crippen molar-refractivity contribution in [1.82, 2.24) is 4.98 Å². The number of ether oxygens (including phenoxy) is 1. The van der Waals surface area contributed by atoms with Crippen LogP contribution in [0.3, 0.4) is 0 Å². The van der Waals surface area contributed by atoms with Crippen LogP contribution in [-0.4, -0.2) is 18.0 Å². The van der Waals surface area contributed by atoms with Gasteiger partial charge in [0, 0.05) is 32.9 Å². The monoisotopic (exact) mass is 486 g/mol.